The van der Waals surface area contributed by atoms with Gasteiger partial charge >= 0.3 is 6.03 Å². The highest BCUT2D eigenvalue weighted by molar-refractivity contribution is 5.98. The van der Waals surface area contributed by atoms with Crippen LogP contribution in [0.15, 0.2) is 18.2 Å². The largest absolute Gasteiger partial charge is 0.338 e. The van der Waals surface area contributed by atoms with E-state index < -0.39 is 0 Å². The van der Waals surface area contributed by atoms with E-state index in [9.17, 15) is 9.59 Å². The third-order valence-electron chi connectivity index (χ3n) is 4.09. The Bertz CT molecular complexity index is 748. The summed E-state index contributed by atoms with van der Waals surface area (Å²) in [6.07, 6.45) is 0. The molecule has 2 aromatic rings. The third kappa shape index (κ3) is 3.48. The first kappa shape index (κ1) is 16.3. The van der Waals surface area contributed by atoms with Crippen LogP contribution >= 0.6 is 0 Å². The average molecular weight is 330 g/mol. The van der Waals surface area contributed by atoms with Gasteiger partial charge in [0.2, 0.25) is 5.95 Å². The number of hydrogen-bond acceptors (Lipinski definition) is 4. The van der Waals surface area contributed by atoms with Gasteiger partial charge in [0.1, 0.15) is 0 Å². The summed E-state index contributed by atoms with van der Waals surface area (Å²) in [5.41, 5.74) is 2.05. The van der Waals surface area contributed by atoms with Crippen molar-refractivity contribution in [1.82, 2.24) is 25.1 Å². The number of carbonyl (C=O) groups excluding carboxylic acids is 2. The molecule has 8 heteroatoms. The molecule has 3 amide bonds. The van der Waals surface area contributed by atoms with E-state index in [1.807, 2.05) is 11.8 Å². The predicted molar refractivity (Wildman–Crippen MR) is 92.2 cm³/mol. The lowest BCUT2D eigenvalue weighted by Gasteiger charge is -2.32. The summed E-state index contributed by atoms with van der Waals surface area (Å²) >= 11 is 0. The highest BCUT2D eigenvalue weighted by Gasteiger charge is 2.20. The molecule has 128 valence electrons. The van der Waals surface area contributed by atoms with Crippen molar-refractivity contribution in [3.8, 4) is 0 Å². The number of amides is 3. The number of fused-ring (bicyclic) bond motifs is 1. The van der Waals surface area contributed by atoms with Gasteiger partial charge in [0.05, 0.1) is 11.0 Å². The molecule has 1 aromatic heterocycles. The zero-order chi connectivity index (χ0) is 17.1. The molecule has 0 radical (unpaired) electrons. The SMILES string of the molecule is CCNC(=O)Nc1nc2ccc(C(=O)N3CCN(C)CC3)cc2[nH]1. The van der Waals surface area contributed by atoms with Crippen molar-refractivity contribution in [1.29, 1.82) is 0 Å². The average Bonchev–Trinajstić information content (AvgIpc) is 2.96. The van der Waals surface area contributed by atoms with Crippen molar-refractivity contribution in [2.24, 2.45) is 0 Å². The van der Waals surface area contributed by atoms with Crippen molar-refractivity contribution in [2.75, 3.05) is 45.1 Å². The second-order valence-corrected chi connectivity index (χ2v) is 5.90. The lowest BCUT2D eigenvalue weighted by molar-refractivity contribution is 0.0664. The maximum absolute atomic E-state index is 12.6. The maximum atomic E-state index is 12.6. The van der Waals surface area contributed by atoms with E-state index in [0.29, 0.717) is 23.6 Å². The number of hydrogen-bond donors (Lipinski definition) is 3. The van der Waals surface area contributed by atoms with Gasteiger partial charge in [-0.25, -0.2) is 9.78 Å². The number of imidazole rings is 1. The molecule has 2 heterocycles. The van der Waals surface area contributed by atoms with Gasteiger partial charge in [0.15, 0.2) is 0 Å². The van der Waals surface area contributed by atoms with Crippen molar-refractivity contribution in [3.63, 3.8) is 0 Å². The van der Waals surface area contributed by atoms with Gasteiger partial charge in [-0.15, -0.1) is 0 Å². The normalized spacial score (nSPS) is 15.5. The number of carbonyl (C=O) groups is 2. The van der Waals surface area contributed by atoms with Crippen LogP contribution in [0.1, 0.15) is 17.3 Å². The molecule has 0 spiro atoms. The van der Waals surface area contributed by atoms with Gasteiger partial charge in [-0.3, -0.25) is 10.1 Å². The van der Waals surface area contributed by atoms with Gasteiger partial charge in [-0.05, 0) is 32.2 Å². The molecule has 24 heavy (non-hydrogen) atoms. The van der Waals surface area contributed by atoms with Crippen molar-refractivity contribution < 1.29 is 9.59 Å². The fourth-order valence-electron chi connectivity index (χ4n) is 2.71. The van der Waals surface area contributed by atoms with Crippen LogP contribution in [0.5, 0.6) is 0 Å². The topological polar surface area (TPSA) is 93.4 Å². The fourth-order valence-corrected chi connectivity index (χ4v) is 2.71. The van der Waals surface area contributed by atoms with Crippen LogP contribution in [-0.2, 0) is 0 Å². The van der Waals surface area contributed by atoms with Crippen LogP contribution in [0.4, 0.5) is 10.7 Å². The Morgan fingerprint density at radius 1 is 1.25 bits per heavy atom. The highest BCUT2D eigenvalue weighted by Crippen LogP contribution is 2.18. The van der Waals surface area contributed by atoms with Crippen molar-refractivity contribution in [2.45, 2.75) is 6.92 Å². The molecule has 0 aliphatic carbocycles. The number of likely N-dealkylation sites (N-methyl/N-ethyl adjacent to an activating group) is 1. The van der Waals surface area contributed by atoms with Gasteiger partial charge in [-0.1, -0.05) is 0 Å². The first-order valence-corrected chi connectivity index (χ1v) is 8.09. The number of benzene rings is 1. The molecule has 0 saturated carbocycles. The van der Waals surface area contributed by atoms with Crippen LogP contribution in [0.3, 0.4) is 0 Å². The number of piperazine rings is 1. The summed E-state index contributed by atoms with van der Waals surface area (Å²) in [4.78, 5) is 35.6. The zero-order valence-corrected chi connectivity index (χ0v) is 13.9. The first-order chi connectivity index (χ1) is 11.6. The predicted octanol–water partition coefficient (Wildman–Crippen LogP) is 1.09. The standard InChI is InChI=1S/C16H22N6O2/c1-3-17-16(24)20-15-18-12-5-4-11(10-13(12)19-15)14(23)22-8-6-21(2)7-9-22/h4-5,10H,3,6-9H2,1-2H3,(H3,17,18,19,20,24). The number of aromatic amines is 1. The van der Waals surface area contributed by atoms with E-state index in [0.717, 1.165) is 31.7 Å². The minimum absolute atomic E-state index is 0.0258. The number of urea groups is 1. The zero-order valence-electron chi connectivity index (χ0n) is 13.9. The Balaban J connectivity index is 1.75. The second-order valence-electron chi connectivity index (χ2n) is 5.90. The van der Waals surface area contributed by atoms with Crippen LogP contribution in [-0.4, -0.2) is 71.5 Å². The molecule has 3 N–H and O–H groups in total. The van der Waals surface area contributed by atoms with Crippen LogP contribution in [0.2, 0.25) is 0 Å². The van der Waals surface area contributed by atoms with E-state index >= 15 is 0 Å². The summed E-state index contributed by atoms with van der Waals surface area (Å²) in [5.74, 6) is 0.387. The molecular formula is C16H22N6O2. The molecule has 1 aliphatic heterocycles. The Morgan fingerprint density at radius 2 is 2.00 bits per heavy atom. The van der Waals surface area contributed by atoms with E-state index in [1.54, 1.807) is 18.2 Å². The van der Waals surface area contributed by atoms with E-state index in [-0.39, 0.29) is 11.9 Å². The smallest absolute Gasteiger partial charge is 0.321 e. The maximum Gasteiger partial charge on any atom is 0.321 e. The number of aromatic nitrogens is 2. The number of anilines is 1. The highest BCUT2D eigenvalue weighted by atomic mass is 16.2. The van der Waals surface area contributed by atoms with E-state index in [1.165, 1.54) is 0 Å². The van der Waals surface area contributed by atoms with E-state index in [4.69, 9.17) is 0 Å². The fraction of sp³-hybridized carbons (Fsp3) is 0.438. The quantitative estimate of drug-likeness (QED) is 0.785. The minimum atomic E-state index is -0.315. The Kier molecular flexibility index (Phi) is 4.66. The molecular weight excluding hydrogens is 308 g/mol. The Labute approximate surface area is 140 Å². The number of nitrogens with zero attached hydrogens (tertiary/aromatic N) is 3. The number of nitrogens with one attached hydrogen (secondary N) is 3. The summed E-state index contributed by atoms with van der Waals surface area (Å²) in [5, 5.41) is 5.27. The number of H-pyrrole nitrogens is 1. The molecule has 1 aliphatic rings. The summed E-state index contributed by atoms with van der Waals surface area (Å²) in [7, 11) is 2.06. The monoisotopic (exact) mass is 330 g/mol. The van der Waals surface area contributed by atoms with Crippen molar-refractivity contribution >= 4 is 28.9 Å². The summed E-state index contributed by atoms with van der Waals surface area (Å²) in [6.45, 7) is 5.63. The minimum Gasteiger partial charge on any atom is -0.338 e. The van der Waals surface area contributed by atoms with Gasteiger partial charge < -0.3 is 20.1 Å². The van der Waals surface area contributed by atoms with E-state index in [2.05, 4.69) is 32.5 Å². The lowest BCUT2D eigenvalue weighted by Crippen LogP contribution is -2.47. The summed E-state index contributed by atoms with van der Waals surface area (Å²) < 4.78 is 0. The van der Waals surface area contributed by atoms with Crippen LogP contribution < -0.4 is 10.6 Å². The molecule has 0 unspecified atom stereocenters. The van der Waals surface area contributed by atoms with Crippen LogP contribution in [0, 0.1) is 0 Å². The molecule has 1 aromatic carbocycles. The Hall–Kier alpha value is -2.61. The molecule has 1 fully saturated rings. The Morgan fingerprint density at radius 3 is 2.71 bits per heavy atom. The van der Waals surface area contributed by atoms with Crippen molar-refractivity contribution in [3.05, 3.63) is 23.8 Å². The first-order valence-electron chi connectivity index (χ1n) is 8.09. The lowest BCUT2D eigenvalue weighted by atomic mass is 10.1. The summed E-state index contributed by atoms with van der Waals surface area (Å²) in [6, 6.07) is 5.04. The molecule has 8 nitrogen and oxygen atoms in total. The van der Waals surface area contributed by atoms with Gasteiger partial charge in [0.25, 0.3) is 5.91 Å². The molecule has 1 saturated heterocycles. The van der Waals surface area contributed by atoms with Gasteiger partial charge in [0, 0.05) is 38.3 Å². The molecule has 3 rings (SSSR count). The third-order valence-corrected chi connectivity index (χ3v) is 4.09. The van der Waals surface area contributed by atoms with Crippen LogP contribution in [0.25, 0.3) is 11.0 Å². The second kappa shape index (κ2) is 6.88. The molecule has 0 bridgehead atoms. The number of rotatable bonds is 3. The van der Waals surface area contributed by atoms with Gasteiger partial charge in [-0.2, -0.15) is 0 Å². The molecule has 0 atom stereocenters.